The van der Waals surface area contributed by atoms with Crippen molar-refractivity contribution in [2.45, 2.75) is 50.8 Å². The van der Waals surface area contributed by atoms with E-state index < -0.39 is 11.7 Å². The van der Waals surface area contributed by atoms with Gasteiger partial charge >= 0.3 is 6.18 Å². The van der Waals surface area contributed by atoms with Crippen molar-refractivity contribution in [3.63, 3.8) is 0 Å². The Balaban J connectivity index is 1.18. The molecular formula is C29H35F3N2O. The van der Waals surface area contributed by atoms with Gasteiger partial charge in [-0.3, -0.25) is 0 Å². The summed E-state index contributed by atoms with van der Waals surface area (Å²) in [5.74, 6) is 0.997. The van der Waals surface area contributed by atoms with E-state index in [-0.39, 0.29) is 5.60 Å². The molecule has 0 spiro atoms. The van der Waals surface area contributed by atoms with E-state index in [0.29, 0.717) is 11.8 Å². The molecule has 0 bridgehead atoms. The summed E-state index contributed by atoms with van der Waals surface area (Å²) in [7, 11) is 0. The van der Waals surface area contributed by atoms with Crippen molar-refractivity contribution in [2.75, 3.05) is 37.7 Å². The SMILES string of the molecule is C=C(c1ccc(C2(OCCCC)CCC2)cc1)N1CC2CN(c3ccc(C(F)(F)F)cc3)CC2C1. The summed E-state index contributed by atoms with van der Waals surface area (Å²) in [4.78, 5) is 4.60. The Morgan fingerprint density at radius 1 is 0.971 bits per heavy atom. The predicted octanol–water partition coefficient (Wildman–Crippen LogP) is 6.94. The summed E-state index contributed by atoms with van der Waals surface area (Å²) in [5.41, 5.74) is 3.67. The quantitative estimate of drug-likeness (QED) is 0.378. The Hall–Kier alpha value is -2.47. The lowest BCUT2D eigenvalue weighted by Gasteiger charge is -2.42. The average Bonchev–Trinajstić information content (AvgIpc) is 3.40. The number of likely N-dealkylation sites (tertiary alicyclic amines) is 1. The second-order valence-corrected chi connectivity index (χ2v) is 10.4. The van der Waals surface area contributed by atoms with Crippen LogP contribution in [0.25, 0.3) is 5.70 Å². The Labute approximate surface area is 206 Å². The second-order valence-electron chi connectivity index (χ2n) is 10.4. The smallest absolute Gasteiger partial charge is 0.371 e. The highest BCUT2D eigenvalue weighted by molar-refractivity contribution is 5.63. The Morgan fingerprint density at radius 3 is 2.11 bits per heavy atom. The van der Waals surface area contributed by atoms with Gasteiger partial charge in [-0.05, 0) is 61.1 Å². The third-order valence-corrected chi connectivity index (χ3v) is 8.21. The minimum atomic E-state index is -4.29. The highest BCUT2D eigenvalue weighted by atomic mass is 19.4. The number of anilines is 1. The molecule has 188 valence electrons. The van der Waals surface area contributed by atoms with Gasteiger partial charge in [0.2, 0.25) is 0 Å². The molecule has 0 N–H and O–H groups in total. The van der Waals surface area contributed by atoms with Gasteiger partial charge in [0.05, 0.1) is 11.2 Å². The Morgan fingerprint density at radius 2 is 1.60 bits per heavy atom. The van der Waals surface area contributed by atoms with Gasteiger partial charge in [0.1, 0.15) is 0 Å². The molecule has 2 aliphatic heterocycles. The average molecular weight is 485 g/mol. The molecule has 0 aromatic heterocycles. The first-order valence-electron chi connectivity index (χ1n) is 12.9. The van der Waals surface area contributed by atoms with Crippen LogP contribution in [0.15, 0.2) is 55.1 Å². The number of ether oxygens (including phenoxy) is 1. The zero-order valence-electron chi connectivity index (χ0n) is 20.5. The van der Waals surface area contributed by atoms with Crippen LogP contribution in [0.3, 0.4) is 0 Å². The number of fused-ring (bicyclic) bond motifs is 1. The zero-order valence-corrected chi connectivity index (χ0v) is 20.5. The van der Waals surface area contributed by atoms with Crippen molar-refractivity contribution in [3.8, 4) is 0 Å². The van der Waals surface area contributed by atoms with E-state index in [0.717, 1.165) is 75.4 Å². The molecule has 1 aliphatic carbocycles. The van der Waals surface area contributed by atoms with Gasteiger partial charge in [-0.15, -0.1) is 0 Å². The molecule has 3 nitrogen and oxygen atoms in total. The number of halogens is 3. The molecule has 3 aliphatic rings. The van der Waals surface area contributed by atoms with Crippen molar-refractivity contribution in [2.24, 2.45) is 11.8 Å². The largest absolute Gasteiger partial charge is 0.416 e. The molecule has 2 atom stereocenters. The predicted molar refractivity (Wildman–Crippen MR) is 134 cm³/mol. The topological polar surface area (TPSA) is 15.7 Å². The summed E-state index contributed by atoms with van der Waals surface area (Å²) in [6, 6.07) is 14.4. The van der Waals surface area contributed by atoms with Gasteiger partial charge in [-0.2, -0.15) is 13.2 Å². The first-order valence-corrected chi connectivity index (χ1v) is 12.9. The van der Waals surface area contributed by atoms with Crippen LogP contribution in [0, 0.1) is 11.8 Å². The third-order valence-electron chi connectivity index (χ3n) is 8.21. The van der Waals surface area contributed by atoms with Gasteiger partial charge < -0.3 is 14.5 Å². The van der Waals surface area contributed by atoms with E-state index >= 15 is 0 Å². The van der Waals surface area contributed by atoms with E-state index in [1.807, 2.05) is 0 Å². The molecule has 1 saturated carbocycles. The van der Waals surface area contributed by atoms with Crippen LogP contribution >= 0.6 is 0 Å². The van der Waals surface area contributed by atoms with Crippen molar-refractivity contribution < 1.29 is 17.9 Å². The molecule has 35 heavy (non-hydrogen) atoms. The number of benzene rings is 2. The monoisotopic (exact) mass is 484 g/mol. The number of nitrogens with zero attached hydrogens (tertiary/aromatic N) is 2. The van der Waals surface area contributed by atoms with Crippen LogP contribution in [0.2, 0.25) is 0 Å². The molecule has 2 aromatic rings. The van der Waals surface area contributed by atoms with E-state index in [1.165, 1.54) is 24.1 Å². The van der Waals surface area contributed by atoms with Gasteiger partial charge in [0.25, 0.3) is 0 Å². The normalized spacial score (nSPS) is 23.3. The van der Waals surface area contributed by atoms with Gasteiger partial charge in [-0.25, -0.2) is 0 Å². The van der Waals surface area contributed by atoms with E-state index in [9.17, 15) is 13.2 Å². The van der Waals surface area contributed by atoms with Crippen LogP contribution in [-0.2, 0) is 16.5 Å². The fourth-order valence-corrected chi connectivity index (χ4v) is 5.86. The third kappa shape index (κ3) is 4.82. The molecule has 0 amide bonds. The lowest BCUT2D eigenvalue weighted by Crippen LogP contribution is -2.37. The lowest BCUT2D eigenvalue weighted by atomic mass is 9.74. The van der Waals surface area contributed by atoms with Crippen molar-refractivity contribution in [1.29, 1.82) is 0 Å². The maximum atomic E-state index is 12.9. The number of unbranched alkanes of at least 4 members (excludes halogenated alkanes) is 1. The highest BCUT2D eigenvalue weighted by Crippen LogP contribution is 2.45. The first kappa shape index (κ1) is 24.2. The summed E-state index contributed by atoms with van der Waals surface area (Å²) >= 11 is 0. The maximum absolute atomic E-state index is 12.9. The van der Waals surface area contributed by atoms with Gasteiger partial charge in [0.15, 0.2) is 0 Å². The number of hydrogen-bond acceptors (Lipinski definition) is 3. The van der Waals surface area contributed by atoms with Gasteiger partial charge in [-0.1, -0.05) is 44.2 Å². The summed E-state index contributed by atoms with van der Waals surface area (Å²) in [5, 5.41) is 0. The molecule has 2 unspecified atom stereocenters. The minimum Gasteiger partial charge on any atom is -0.371 e. The molecule has 2 saturated heterocycles. The molecule has 2 heterocycles. The fourth-order valence-electron chi connectivity index (χ4n) is 5.86. The molecule has 5 rings (SSSR count). The van der Waals surface area contributed by atoms with Crippen LogP contribution in [0.1, 0.15) is 55.7 Å². The highest BCUT2D eigenvalue weighted by Gasteiger charge is 2.42. The van der Waals surface area contributed by atoms with Crippen molar-refractivity contribution in [3.05, 3.63) is 71.8 Å². The summed E-state index contributed by atoms with van der Waals surface area (Å²) in [6.45, 7) is 11.0. The molecule has 6 heteroatoms. The Kier molecular flexibility index (Phi) is 6.60. The lowest BCUT2D eigenvalue weighted by molar-refractivity contribution is -0.137. The number of alkyl halides is 3. The standard InChI is InChI=1S/C29H35F3N2O/c1-3-4-16-35-28(14-5-15-28)25-8-6-22(7-9-25)21(2)33-17-23-19-34(20-24(23)18-33)27-12-10-26(11-13-27)29(30,31)32/h6-13,23-24H,2-5,14-20H2,1H3. The molecule has 2 aromatic carbocycles. The van der Waals surface area contributed by atoms with Crippen LogP contribution in [0.5, 0.6) is 0 Å². The van der Waals surface area contributed by atoms with E-state index in [1.54, 1.807) is 12.1 Å². The van der Waals surface area contributed by atoms with Crippen LogP contribution in [0.4, 0.5) is 18.9 Å². The zero-order chi connectivity index (χ0) is 24.6. The summed E-state index contributed by atoms with van der Waals surface area (Å²) in [6.07, 6.45) is 1.38. The summed E-state index contributed by atoms with van der Waals surface area (Å²) < 4.78 is 44.9. The van der Waals surface area contributed by atoms with E-state index in [2.05, 4.69) is 47.6 Å². The van der Waals surface area contributed by atoms with Crippen molar-refractivity contribution >= 4 is 11.4 Å². The van der Waals surface area contributed by atoms with E-state index in [4.69, 9.17) is 4.74 Å². The second kappa shape index (κ2) is 9.53. The maximum Gasteiger partial charge on any atom is 0.416 e. The first-order chi connectivity index (χ1) is 16.8. The number of hydrogen-bond donors (Lipinski definition) is 0. The number of rotatable bonds is 8. The minimum absolute atomic E-state index is 0.0958. The van der Waals surface area contributed by atoms with Crippen molar-refractivity contribution in [1.82, 2.24) is 4.90 Å². The fraction of sp³-hybridized carbons (Fsp3) is 0.517. The molecular weight excluding hydrogens is 449 g/mol. The van der Waals surface area contributed by atoms with Gasteiger partial charge in [0, 0.05) is 56.0 Å². The molecule has 3 fully saturated rings. The van der Waals surface area contributed by atoms with Crippen LogP contribution in [-0.4, -0.2) is 37.7 Å². The molecule has 0 radical (unpaired) electrons. The Bertz CT molecular complexity index is 1010. The van der Waals surface area contributed by atoms with Crippen LogP contribution < -0.4 is 4.90 Å².